The molecular weight excluding hydrogens is 98.1 g/mol. The molecule has 6 heavy (non-hydrogen) atoms. The van der Waals surface area contributed by atoms with Gasteiger partial charge < -0.3 is 4.72 Å². The Labute approximate surface area is 41.4 Å². The third-order valence-corrected chi connectivity index (χ3v) is 0.737. The highest BCUT2D eigenvalue weighted by atomic mass is 32.2. The van der Waals surface area contributed by atoms with E-state index in [4.69, 9.17) is 0 Å². The molecule has 0 radical (unpaired) electrons. The Balaban J connectivity index is 2.83. The van der Waals surface area contributed by atoms with Crippen LogP contribution < -0.4 is 4.72 Å². The van der Waals surface area contributed by atoms with Crippen LogP contribution in [0.3, 0.4) is 0 Å². The van der Waals surface area contributed by atoms with E-state index in [9.17, 15) is 4.79 Å². The van der Waals surface area contributed by atoms with Crippen molar-refractivity contribution >= 4 is 17.9 Å². The van der Waals surface area contributed by atoms with Gasteiger partial charge in [-0.3, -0.25) is 4.79 Å². The van der Waals surface area contributed by atoms with E-state index in [0.717, 1.165) is 0 Å². The van der Waals surface area contributed by atoms with Crippen molar-refractivity contribution in [3.8, 4) is 0 Å². The van der Waals surface area contributed by atoms with Gasteiger partial charge in [0.25, 0.3) is 0 Å². The number of nitrogens with one attached hydrogen (secondary N) is 1. The predicted octanol–water partition coefficient (Wildman–Crippen LogP) is 0.400. The predicted molar refractivity (Wildman–Crippen MR) is 27.3 cm³/mol. The molecule has 0 aromatic rings. The SMILES string of the molecule is CSNC(C)=O. The maximum atomic E-state index is 9.91. The van der Waals surface area contributed by atoms with Crippen LogP contribution in [0, 0.1) is 0 Å². The number of carbonyl (C=O) groups excluding carboxylic acids is 1. The highest BCUT2D eigenvalue weighted by Crippen LogP contribution is 1.77. The van der Waals surface area contributed by atoms with E-state index >= 15 is 0 Å². The molecule has 0 spiro atoms. The second-order valence-corrected chi connectivity index (χ2v) is 1.47. The summed E-state index contributed by atoms with van der Waals surface area (Å²) in [6, 6.07) is 0. The summed E-state index contributed by atoms with van der Waals surface area (Å²) in [7, 11) is 0. The van der Waals surface area contributed by atoms with E-state index < -0.39 is 0 Å². The third kappa shape index (κ3) is 3.82. The quantitative estimate of drug-likeness (QED) is 0.489. The van der Waals surface area contributed by atoms with Crippen molar-refractivity contribution in [2.24, 2.45) is 0 Å². The van der Waals surface area contributed by atoms with E-state index in [2.05, 4.69) is 4.72 Å². The summed E-state index contributed by atoms with van der Waals surface area (Å²) in [5.41, 5.74) is 0. The van der Waals surface area contributed by atoms with Crippen LogP contribution in [0.5, 0.6) is 0 Å². The second kappa shape index (κ2) is 3.03. The Morgan fingerprint density at radius 3 is 2.33 bits per heavy atom. The molecule has 0 aliphatic rings. The van der Waals surface area contributed by atoms with Crippen molar-refractivity contribution in [1.29, 1.82) is 0 Å². The Hall–Kier alpha value is -0.180. The average Bonchev–Trinajstić information content (AvgIpc) is 1.35. The van der Waals surface area contributed by atoms with Crippen molar-refractivity contribution < 1.29 is 4.79 Å². The third-order valence-electron chi connectivity index (χ3n) is 0.246. The lowest BCUT2D eigenvalue weighted by Crippen LogP contribution is -2.08. The fourth-order valence-corrected chi connectivity index (χ4v) is 0.431. The Morgan fingerprint density at radius 2 is 2.33 bits per heavy atom. The van der Waals surface area contributed by atoms with Crippen LogP contribution in [0.4, 0.5) is 0 Å². The number of carbonyl (C=O) groups is 1. The van der Waals surface area contributed by atoms with Crippen molar-refractivity contribution in [2.75, 3.05) is 6.26 Å². The van der Waals surface area contributed by atoms with Crippen LogP contribution in [0.1, 0.15) is 6.92 Å². The molecule has 0 saturated carbocycles. The van der Waals surface area contributed by atoms with Crippen molar-refractivity contribution in [2.45, 2.75) is 6.92 Å². The van der Waals surface area contributed by atoms with Gasteiger partial charge in [-0.2, -0.15) is 0 Å². The van der Waals surface area contributed by atoms with Crippen LogP contribution in [0.15, 0.2) is 0 Å². The molecule has 0 aliphatic carbocycles. The van der Waals surface area contributed by atoms with Gasteiger partial charge in [0.1, 0.15) is 0 Å². The largest absolute Gasteiger partial charge is 0.301 e. The first-order valence-corrected chi connectivity index (χ1v) is 2.79. The van der Waals surface area contributed by atoms with Gasteiger partial charge in [-0.05, 0) is 0 Å². The lowest BCUT2D eigenvalue weighted by Gasteiger charge is -1.87. The van der Waals surface area contributed by atoms with E-state index in [0.29, 0.717) is 0 Å². The van der Waals surface area contributed by atoms with Gasteiger partial charge in [0.15, 0.2) is 0 Å². The van der Waals surface area contributed by atoms with Crippen LogP contribution in [0.2, 0.25) is 0 Å². The minimum Gasteiger partial charge on any atom is -0.301 e. The lowest BCUT2D eigenvalue weighted by molar-refractivity contribution is -0.117. The van der Waals surface area contributed by atoms with Crippen LogP contribution in [0.25, 0.3) is 0 Å². The van der Waals surface area contributed by atoms with Crippen molar-refractivity contribution in [1.82, 2.24) is 4.72 Å². The molecule has 0 rings (SSSR count). The summed E-state index contributed by atoms with van der Waals surface area (Å²) < 4.78 is 2.49. The summed E-state index contributed by atoms with van der Waals surface area (Å²) >= 11 is 1.31. The Morgan fingerprint density at radius 1 is 1.83 bits per heavy atom. The smallest absolute Gasteiger partial charge is 0.226 e. The number of hydrogen-bond donors (Lipinski definition) is 1. The molecule has 0 aliphatic heterocycles. The Kier molecular flexibility index (Phi) is 2.94. The normalized spacial score (nSPS) is 7.67. The molecule has 1 amide bonds. The highest BCUT2D eigenvalue weighted by Gasteiger charge is 1.79. The van der Waals surface area contributed by atoms with Gasteiger partial charge in [-0.15, -0.1) is 0 Å². The molecule has 0 heterocycles. The first-order chi connectivity index (χ1) is 2.77. The lowest BCUT2D eigenvalue weighted by atomic mass is 10.8. The first-order valence-electron chi connectivity index (χ1n) is 1.57. The maximum absolute atomic E-state index is 9.91. The van der Waals surface area contributed by atoms with Gasteiger partial charge in [-0.1, -0.05) is 11.9 Å². The number of rotatable bonds is 1. The van der Waals surface area contributed by atoms with Crippen LogP contribution in [-0.2, 0) is 4.79 Å². The maximum Gasteiger partial charge on any atom is 0.226 e. The van der Waals surface area contributed by atoms with Gasteiger partial charge in [0.05, 0.1) is 0 Å². The Bertz CT molecular complexity index is 54.8. The molecule has 0 aromatic carbocycles. The molecule has 0 aromatic heterocycles. The zero-order chi connectivity index (χ0) is 4.99. The molecule has 0 bridgehead atoms. The number of hydrogen-bond acceptors (Lipinski definition) is 2. The molecule has 0 saturated heterocycles. The summed E-state index contributed by atoms with van der Waals surface area (Å²) in [6.45, 7) is 1.48. The minimum absolute atomic E-state index is 0.00231. The standard InChI is InChI=1S/C3H7NOS/c1-3(5)4-6-2/h1-2H3,(H,4,5). The summed E-state index contributed by atoms with van der Waals surface area (Å²) in [4.78, 5) is 9.91. The fraction of sp³-hybridized carbons (Fsp3) is 0.667. The van der Waals surface area contributed by atoms with Gasteiger partial charge in [0, 0.05) is 13.2 Å². The highest BCUT2D eigenvalue weighted by molar-refractivity contribution is 7.97. The van der Waals surface area contributed by atoms with E-state index in [1.165, 1.54) is 18.9 Å². The zero-order valence-electron chi connectivity index (χ0n) is 3.82. The molecule has 0 fully saturated rings. The molecular formula is C3H7NOS. The molecule has 0 unspecified atom stereocenters. The molecule has 3 heteroatoms. The molecule has 2 nitrogen and oxygen atoms in total. The summed E-state index contributed by atoms with van der Waals surface area (Å²) in [5.74, 6) is 0.00231. The van der Waals surface area contributed by atoms with Crippen LogP contribution in [-0.4, -0.2) is 12.2 Å². The van der Waals surface area contributed by atoms with Gasteiger partial charge in [-0.25, -0.2) is 0 Å². The van der Waals surface area contributed by atoms with Gasteiger partial charge >= 0.3 is 0 Å². The van der Waals surface area contributed by atoms with E-state index in [1.807, 2.05) is 0 Å². The molecule has 36 valence electrons. The molecule has 0 atom stereocenters. The van der Waals surface area contributed by atoms with Gasteiger partial charge in [0.2, 0.25) is 5.91 Å². The minimum atomic E-state index is 0.00231. The first kappa shape index (κ1) is 5.82. The second-order valence-electron chi connectivity index (χ2n) is 0.862. The van der Waals surface area contributed by atoms with E-state index in [-0.39, 0.29) is 5.91 Å². The average molecular weight is 105 g/mol. The van der Waals surface area contributed by atoms with E-state index in [1.54, 1.807) is 6.26 Å². The summed E-state index contributed by atoms with van der Waals surface area (Å²) in [6.07, 6.45) is 1.81. The summed E-state index contributed by atoms with van der Waals surface area (Å²) in [5, 5.41) is 0. The molecule has 1 N–H and O–H groups in total. The topological polar surface area (TPSA) is 29.1 Å². The fourth-order valence-electron chi connectivity index (χ4n) is 0.144. The monoisotopic (exact) mass is 105 g/mol. The van der Waals surface area contributed by atoms with Crippen LogP contribution >= 0.6 is 11.9 Å². The number of amides is 1. The van der Waals surface area contributed by atoms with Crippen molar-refractivity contribution in [3.05, 3.63) is 0 Å². The van der Waals surface area contributed by atoms with Crippen molar-refractivity contribution in [3.63, 3.8) is 0 Å². The zero-order valence-corrected chi connectivity index (χ0v) is 4.63.